The highest BCUT2D eigenvalue weighted by molar-refractivity contribution is 5.17. The van der Waals surface area contributed by atoms with Crippen LogP contribution < -0.4 is 5.73 Å². The van der Waals surface area contributed by atoms with E-state index in [0.717, 1.165) is 35.3 Å². The standard InChI is InChI=1S/C30H35NO4/c1-32-27-19-11-18-26(31)28(33-20-23-12-5-2-6-13-23)30(35-22-25-16-9-4-10-17-25)29(27)34-21-24-14-7-3-8-15-24/h2-10,12-17,19,26,28-30H,11,18,20-22,31H2,1H3/b27-19+/t26-,28+,29-,30-/m0/s1. The van der Waals surface area contributed by atoms with Crippen LogP contribution in [0.1, 0.15) is 29.5 Å². The van der Waals surface area contributed by atoms with E-state index in [1.54, 1.807) is 7.11 Å². The Hall–Kier alpha value is -2.96. The first kappa shape index (κ1) is 25.1. The lowest BCUT2D eigenvalue weighted by Crippen LogP contribution is -2.53. The first-order valence-electron chi connectivity index (χ1n) is 12.2. The van der Waals surface area contributed by atoms with Gasteiger partial charge in [0.15, 0.2) is 0 Å². The molecule has 0 aliphatic heterocycles. The van der Waals surface area contributed by atoms with E-state index in [-0.39, 0.29) is 12.1 Å². The van der Waals surface area contributed by atoms with Gasteiger partial charge in [-0.05, 0) is 35.6 Å². The molecule has 1 aliphatic carbocycles. The van der Waals surface area contributed by atoms with Crippen molar-refractivity contribution in [2.75, 3.05) is 7.11 Å². The predicted molar refractivity (Wildman–Crippen MR) is 137 cm³/mol. The summed E-state index contributed by atoms with van der Waals surface area (Å²) in [6.07, 6.45) is 2.33. The molecule has 3 aromatic rings. The Balaban J connectivity index is 1.61. The molecule has 0 radical (unpaired) electrons. The van der Waals surface area contributed by atoms with Crippen molar-refractivity contribution in [1.82, 2.24) is 0 Å². The number of hydrogen-bond acceptors (Lipinski definition) is 5. The molecule has 2 N–H and O–H groups in total. The van der Waals surface area contributed by atoms with Crippen molar-refractivity contribution < 1.29 is 18.9 Å². The van der Waals surface area contributed by atoms with Gasteiger partial charge in [-0.3, -0.25) is 0 Å². The summed E-state index contributed by atoms with van der Waals surface area (Å²) in [4.78, 5) is 0. The van der Waals surface area contributed by atoms with Crippen molar-refractivity contribution in [1.29, 1.82) is 0 Å². The molecule has 0 saturated carbocycles. The van der Waals surface area contributed by atoms with Crippen molar-refractivity contribution >= 4 is 0 Å². The van der Waals surface area contributed by atoms with Crippen LogP contribution in [0.4, 0.5) is 0 Å². The highest BCUT2D eigenvalue weighted by Crippen LogP contribution is 2.28. The average molecular weight is 474 g/mol. The Morgan fingerprint density at radius 2 is 1.11 bits per heavy atom. The molecular weight excluding hydrogens is 438 g/mol. The number of allylic oxidation sites excluding steroid dienone is 1. The molecular formula is C30H35NO4. The molecule has 0 bridgehead atoms. The zero-order valence-corrected chi connectivity index (χ0v) is 20.3. The number of hydrogen-bond donors (Lipinski definition) is 1. The Morgan fingerprint density at radius 1 is 0.657 bits per heavy atom. The fraction of sp³-hybridized carbons (Fsp3) is 0.333. The van der Waals surface area contributed by atoms with Gasteiger partial charge in [0.05, 0.1) is 26.9 Å². The molecule has 4 rings (SSSR count). The van der Waals surface area contributed by atoms with Crippen LogP contribution in [-0.4, -0.2) is 31.5 Å². The second kappa shape index (κ2) is 13.2. The molecule has 3 aromatic carbocycles. The second-order valence-electron chi connectivity index (χ2n) is 8.79. The summed E-state index contributed by atoms with van der Waals surface area (Å²) in [7, 11) is 1.68. The van der Waals surface area contributed by atoms with Gasteiger partial charge in [-0.15, -0.1) is 0 Å². The third-order valence-electron chi connectivity index (χ3n) is 6.25. The number of rotatable bonds is 10. The number of benzene rings is 3. The molecule has 35 heavy (non-hydrogen) atoms. The first-order chi connectivity index (χ1) is 17.2. The smallest absolute Gasteiger partial charge is 0.143 e. The molecule has 0 fully saturated rings. The molecule has 5 heteroatoms. The molecule has 0 aromatic heterocycles. The summed E-state index contributed by atoms with van der Waals surface area (Å²) in [5, 5.41) is 0. The summed E-state index contributed by atoms with van der Waals surface area (Å²) in [6, 6.07) is 30.2. The number of nitrogens with two attached hydrogens (primary N) is 1. The molecule has 0 saturated heterocycles. The van der Waals surface area contributed by atoms with Crippen LogP contribution in [0, 0.1) is 0 Å². The van der Waals surface area contributed by atoms with Crippen LogP contribution >= 0.6 is 0 Å². The third kappa shape index (κ3) is 7.26. The van der Waals surface area contributed by atoms with Crippen molar-refractivity contribution in [3.63, 3.8) is 0 Å². The minimum absolute atomic E-state index is 0.211. The van der Waals surface area contributed by atoms with Gasteiger partial charge in [0.2, 0.25) is 0 Å². The SMILES string of the molecule is CO/C1=C/CC[C@H](N)[C@@H](OCc2ccccc2)[C@H](OCc2ccccc2)[C@H]1OCc1ccccc1. The molecule has 5 nitrogen and oxygen atoms in total. The fourth-order valence-electron chi connectivity index (χ4n) is 4.35. The maximum absolute atomic E-state index is 6.70. The van der Waals surface area contributed by atoms with Crippen molar-refractivity contribution in [2.45, 2.75) is 57.0 Å². The van der Waals surface area contributed by atoms with Gasteiger partial charge < -0.3 is 24.7 Å². The number of ether oxygens (including phenoxy) is 4. The van der Waals surface area contributed by atoms with Crippen LogP contribution in [0.3, 0.4) is 0 Å². The van der Waals surface area contributed by atoms with E-state index in [0.29, 0.717) is 19.8 Å². The Labute approximate surface area is 208 Å². The van der Waals surface area contributed by atoms with Gasteiger partial charge in [0.1, 0.15) is 24.1 Å². The first-order valence-corrected chi connectivity index (χ1v) is 12.2. The highest BCUT2D eigenvalue weighted by atomic mass is 16.6. The summed E-state index contributed by atoms with van der Waals surface area (Å²) in [5.41, 5.74) is 9.95. The predicted octanol–water partition coefficient (Wildman–Crippen LogP) is 5.39. The van der Waals surface area contributed by atoms with Gasteiger partial charge in [0, 0.05) is 6.04 Å². The van der Waals surface area contributed by atoms with E-state index >= 15 is 0 Å². The zero-order chi connectivity index (χ0) is 24.3. The summed E-state index contributed by atoms with van der Waals surface area (Å²) >= 11 is 0. The van der Waals surface area contributed by atoms with Crippen LogP contribution in [0.25, 0.3) is 0 Å². The second-order valence-corrected chi connectivity index (χ2v) is 8.79. The molecule has 4 atom stereocenters. The largest absolute Gasteiger partial charge is 0.499 e. The Bertz CT molecular complexity index is 1030. The van der Waals surface area contributed by atoms with Crippen LogP contribution in [0.2, 0.25) is 0 Å². The van der Waals surface area contributed by atoms with E-state index in [9.17, 15) is 0 Å². The quantitative estimate of drug-likeness (QED) is 0.428. The molecule has 0 heterocycles. The normalized spacial score (nSPS) is 24.1. The van der Waals surface area contributed by atoms with Crippen LogP contribution in [0.15, 0.2) is 103 Å². The zero-order valence-electron chi connectivity index (χ0n) is 20.3. The van der Waals surface area contributed by atoms with E-state index in [4.69, 9.17) is 24.7 Å². The summed E-state index contributed by atoms with van der Waals surface area (Å²) < 4.78 is 25.3. The number of methoxy groups -OCH3 is 1. The lowest BCUT2D eigenvalue weighted by atomic mass is 9.92. The lowest BCUT2D eigenvalue weighted by Gasteiger charge is -2.38. The van der Waals surface area contributed by atoms with Crippen molar-refractivity contribution in [3.05, 3.63) is 120 Å². The highest BCUT2D eigenvalue weighted by Gasteiger charge is 2.40. The van der Waals surface area contributed by atoms with Crippen LogP contribution in [0.5, 0.6) is 0 Å². The van der Waals surface area contributed by atoms with E-state index < -0.39 is 12.2 Å². The van der Waals surface area contributed by atoms with Gasteiger partial charge in [-0.1, -0.05) is 91.0 Å². The molecule has 1 aliphatic rings. The van der Waals surface area contributed by atoms with Crippen molar-refractivity contribution in [3.8, 4) is 0 Å². The fourth-order valence-corrected chi connectivity index (χ4v) is 4.35. The van der Waals surface area contributed by atoms with E-state index in [1.165, 1.54) is 0 Å². The Kier molecular flexibility index (Phi) is 9.49. The molecule has 184 valence electrons. The lowest BCUT2D eigenvalue weighted by molar-refractivity contribution is -0.158. The maximum atomic E-state index is 6.70. The van der Waals surface area contributed by atoms with Crippen LogP contribution in [-0.2, 0) is 38.8 Å². The van der Waals surface area contributed by atoms with E-state index in [1.807, 2.05) is 66.7 Å². The topological polar surface area (TPSA) is 62.9 Å². The summed E-state index contributed by atoms with van der Waals surface area (Å²) in [5.74, 6) is 0.749. The van der Waals surface area contributed by atoms with Gasteiger partial charge >= 0.3 is 0 Å². The summed E-state index contributed by atoms with van der Waals surface area (Å²) in [6.45, 7) is 1.30. The monoisotopic (exact) mass is 473 g/mol. The van der Waals surface area contributed by atoms with Gasteiger partial charge in [0.25, 0.3) is 0 Å². The molecule has 0 amide bonds. The molecule has 0 spiro atoms. The molecule has 0 unspecified atom stereocenters. The van der Waals surface area contributed by atoms with Crippen molar-refractivity contribution in [2.24, 2.45) is 5.73 Å². The minimum atomic E-state index is -0.462. The maximum Gasteiger partial charge on any atom is 0.143 e. The third-order valence-corrected chi connectivity index (χ3v) is 6.25. The van der Waals surface area contributed by atoms with E-state index in [2.05, 4.69) is 30.3 Å². The average Bonchev–Trinajstić information content (AvgIpc) is 2.91. The Morgan fingerprint density at radius 3 is 1.60 bits per heavy atom. The van der Waals surface area contributed by atoms with Gasteiger partial charge in [-0.2, -0.15) is 0 Å². The minimum Gasteiger partial charge on any atom is -0.499 e. The van der Waals surface area contributed by atoms with Gasteiger partial charge in [-0.25, -0.2) is 0 Å².